The van der Waals surface area contributed by atoms with Crippen LogP contribution in [0.4, 0.5) is 5.82 Å². The van der Waals surface area contributed by atoms with Crippen molar-refractivity contribution in [1.82, 2.24) is 20.1 Å². The number of pyridine rings is 1. The first kappa shape index (κ1) is 27.4. The quantitative estimate of drug-likeness (QED) is 0.498. The number of nitrogens with one attached hydrogen (secondary N) is 1. The number of anilines is 1. The van der Waals surface area contributed by atoms with Crippen molar-refractivity contribution in [2.24, 2.45) is 17.6 Å². The Morgan fingerprint density at radius 3 is 2.39 bits per heavy atom. The number of primary amides is 1. The molecule has 0 aliphatic carbocycles. The van der Waals surface area contributed by atoms with Gasteiger partial charge in [-0.15, -0.1) is 0 Å². The Bertz CT molecular complexity index is 1330. The van der Waals surface area contributed by atoms with E-state index in [0.29, 0.717) is 35.9 Å². The molecule has 0 spiro atoms. The summed E-state index contributed by atoms with van der Waals surface area (Å²) in [7, 11) is 0. The Labute approximate surface area is 240 Å². The number of imide groups is 1. The molecule has 10 heteroatoms. The maximum Gasteiger partial charge on any atom is 0.255 e. The summed E-state index contributed by atoms with van der Waals surface area (Å²) in [4.78, 5) is 59.1. The molecule has 4 aliphatic rings. The number of nitrogens with two attached hydrogens (primary N) is 1. The number of piperidine rings is 3. The van der Waals surface area contributed by atoms with E-state index in [9.17, 15) is 19.2 Å². The van der Waals surface area contributed by atoms with Gasteiger partial charge in [-0.25, -0.2) is 4.98 Å². The maximum absolute atomic E-state index is 13.0. The lowest BCUT2D eigenvalue weighted by Gasteiger charge is -2.38. The standard InChI is InChI=1S/C31H38N6O4/c32-29(39)23-2-5-27(33-17-23)36-13-9-21(10-14-36)18-35-11-7-20(8-12-35)15-22-1-3-25-24(16-22)19-37(31(25)41)26-4-6-28(38)34-30(26)40/h1-3,5,16-17,20-21,26H,4,6-15,18-19H2,(H2,32,39)(H,34,38,40). The summed E-state index contributed by atoms with van der Waals surface area (Å²) in [5.41, 5.74) is 8.69. The largest absolute Gasteiger partial charge is 0.366 e. The van der Waals surface area contributed by atoms with E-state index in [0.717, 1.165) is 63.4 Å². The Morgan fingerprint density at radius 1 is 0.951 bits per heavy atom. The van der Waals surface area contributed by atoms with E-state index < -0.39 is 11.9 Å². The Balaban J connectivity index is 0.952. The van der Waals surface area contributed by atoms with Crippen LogP contribution in [0.2, 0.25) is 0 Å². The molecule has 216 valence electrons. The van der Waals surface area contributed by atoms with Gasteiger partial charge in [0, 0.05) is 44.4 Å². The van der Waals surface area contributed by atoms with Crippen molar-refractivity contribution in [3.05, 3.63) is 58.8 Å². The first-order valence-corrected chi connectivity index (χ1v) is 14.8. The van der Waals surface area contributed by atoms with Crippen molar-refractivity contribution in [3.8, 4) is 0 Å². The highest BCUT2D eigenvalue weighted by Gasteiger charge is 2.39. The molecule has 0 radical (unpaired) electrons. The van der Waals surface area contributed by atoms with Crippen molar-refractivity contribution in [2.75, 3.05) is 37.6 Å². The second kappa shape index (κ2) is 11.6. The van der Waals surface area contributed by atoms with E-state index in [2.05, 4.69) is 32.2 Å². The van der Waals surface area contributed by atoms with Crippen LogP contribution in [0.3, 0.4) is 0 Å². The van der Waals surface area contributed by atoms with Crippen molar-refractivity contribution in [3.63, 3.8) is 0 Å². The molecule has 3 N–H and O–H groups in total. The van der Waals surface area contributed by atoms with Crippen molar-refractivity contribution in [2.45, 2.75) is 57.5 Å². The van der Waals surface area contributed by atoms with E-state index in [-0.39, 0.29) is 24.1 Å². The second-order valence-electron chi connectivity index (χ2n) is 12.0. The van der Waals surface area contributed by atoms with Gasteiger partial charge in [0.2, 0.25) is 17.7 Å². The summed E-state index contributed by atoms with van der Waals surface area (Å²) in [6.45, 7) is 5.77. The normalized spacial score (nSPS) is 22.6. The van der Waals surface area contributed by atoms with Gasteiger partial charge in [0.25, 0.3) is 5.91 Å². The maximum atomic E-state index is 13.0. The highest BCUT2D eigenvalue weighted by molar-refractivity contribution is 6.05. The Morgan fingerprint density at radius 2 is 1.71 bits per heavy atom. The van der Waals surface area contributed by atoms with E-state index in [1.54, 1.807) is 17.2 Å². The van der Waals surface area contributed by atoms with Gasteiger partial charge in [0.15, 0.2) is 0 Å². The monoisotopic (exact) mass is 558 g/mol. The SMILES string of the molecule is NC(=O)c1ccc(N2CCC(CN3CCC(Cc4ccc5c(c4)CN(C4CCC(=O)NC4=O)C5=O)CC3)CC2)nc1. The molecule has 3 saturated heterocycles. The molecule has 0 saturated carbocycles. The molecule has 3 fully saturated rings. The first-order chi connectivity index (χ1) is 19.8. The third-order valence-electron chi connectivity index (χ3n) is 9.31. The number of carbonyl (C=O) groups excluding carboxylic acids is 4. The van der Waals surface area contributed by atoms with Gasteiger partial charge in [-0.05, 0) is 92.8 Å². The van der Waals surface area contributed by atoms with Crippen LogP contribution in [0.5, 0.6) is 0 Å². The predicted molar refractivity (Wildman–Crippen MR) is 153 cm³/mol. The lowest BCUT2D eigenvalue weighted by molar-refractivity contribution is -0.136. The number of hydrogen-bond donors (Lipinski definition) is 2. The van der Waals surface area contributed by atoms with E-state index >= 15 is 0 Å². The van der Waals surface area contributed by atoms with Crippen LogP contribution in [0.25, 0.3) is 0 Å². The molecular formula is C31H38N6O4. The predicted octanol–water partition coefficient (Wildman–Crippen LogP) is 2.11. The molecule has 0 bridgehead atoms. The molecule has 1 aromatic carbocycles. The molecule has 6 rings (SSSR count). The fraction of sp³-hybridized carbons (Fsp3) is 0.516. The van der Waals surface area contributed by atoms with Crippen LogP contribution in [0.1, 0.15) is 70.4 Å². The van der Waals surface area contributed by atoms with Gasteiger partial charge in [-0.1, -0.05) is 12.1 Å². The Kier molecular flexibility index (Phi) is 7.75. The minimum Gasteiger partial charge on any atom is -0.366 e. The molecule has 1 atom stereocenters. The van der Waals surface area contributed by atoms with Crippen molar-refractivity contribution >= 4 is 29.4 Å². The number of hydrogen-bond acceptors (Lipinski definition) is 7. The molecule has 41 heavy (non-hydrogen) atoms. The van der Waals surface area contributed by atoms with Gasteiger partial charge in [-0.3, -0.25) is 24.5 Å². The van der Waals surface area contributed by atoms with Crippen LogP contribution in [-0.4, -0.2) is 77.2 Å². The lowest BCUT2D eigenvalue weighted by Crippen LogP contribution is -2.52. The molecule has 1 unspecified atom stereocenters. The van der Waals surface area contributed by atoms with E-state index in [1.807, 2.05) is 12.1 Å². The van der Waals surface area contributed by atoms with Crippen molar-refractivity contribution < 1.29 is 19.2 Å². The zero-order chi connectivity index (χ0) is 28.5. The molecule has 4 aliphatic heterocycles. The molecular weight excluding hydrogens is 520 g/mol. The summed E-state index contributed by atoms with van der Waals surface area (Å²) in [6, 6.07) is 9.20. The second-order valence-corrected chi connectivity index (χ2v) is 12.0. The third kappa shape index (κ3) is 5.98. The van der Waals surface area contributed by atoms with Crippen LogP contribution in [0.15, 0.2) is 36.5 Å². The van der Waals surface area contributed by atoms with Crippen LogP contribution in [-0.2, 0) is 22.6 Å². The number of likely N-dealkylation sites (tertiary alicyclic amines) is 1. The fourth-order valence-electron chi connectivity index (χ4n) is 6.89. The number of amides is 4. The van der Waals surface area contributed by atoms with Crippen LogP contribution >= 0.6 is 0 Å². The number of carbonyl (C=O) groups is 4. The summed E-state index contributed by atoms with van der Waals surface area (Å²) >= 11 is 0. The molecule has 10 nitrogen and oxygen atoms in total. The number of nitrogens with zero attached hydrogens (tertiary/aromatic N) is 4. The number of benzene rings is 1. The zero-order valence-corrected chi connectivity index (χ0v) is 23.4. The molecule has 1 aromatic heterocycles. The van der Waals surface area contributed by atoms with Crippen LogP contribution in [0, 0.1) is 11.8 Å². The van der Waals surface area contributed by atoms with Crippen molar-refractivity contribution in [1.29, 1.82) is 0 Å². The smallest absolute Gasteiger partial charge is 0.255 e. The van der Waals surface area contributed by atoms with Gasteiger partial charge in [0.05, 0.1) is 5.56 Å². The summed E-state index contributed by atoms with van der Waals surface area (Å²) < 4.78 is 0. The van der Waals surface area contributed by atoms with E-state index in [1.165, 1.54) is 18.4 Å². The molecule has 2 aromatic rings. The number of aromatic nitrogens is 1. The third-order valence-corrected chi connectivity index (χ3v) is 9.31. The average Bonchev–Trinajstić information content (AvgIpc) is 3.29. The van der Waals surface area contributed by atoms with Gasteiger partial charge in [0.1, 0.15) is 11.9 Å². The first-order valence-electron chi connectivity index (χ1n) is 14.8. The molecule has 4 amide bonds. The fourth-order valence-corrected chi connectivity index (χ4v) is 6.89. The highest BCUT2D eigenvalue weighted by Crippen LogP contribution is 2.31. The van der Waals surface area contributed by atoms with Gasteiger partial charge in [-0.2, -0.15) is 0 Å². The van der Waals surface area contributed by atoms with E-state index in [4.69, 9.17) is 5.73 Å². The summed E-state index contributed by atoms with van der Waals surface area (Å²) in [5, 5.41) is 2.37. The summed E-state index contributed by atoms with van der Waals surface area (Å²) in [6.07, 6.45) is 7.86. The topological polar surface area (TPSA) is 129 Å². The summed E-state index contributed by atoms with van der Waals surface area (Å²) in [5.74, 6) is 1.03. The lowest BCUT2D eigenvalue weighted by atomic mass is 9.88. The number of fused-ring (bicyclic) bond motifs is 1. The molecule has 5 heterocycles. The van der Waals surface area contributed by atoms with Crippen LogP contribution < -0.4 is 16.0 Å². The van der Waals surface area contributed by atoms with Gasteiger partial charge < -0.3 is 20.4 Å². The Hall–Kier alpha value is -3.79. The average molecular weight is 559 g/mol. The number of rotatable bonds is 7. The highest BCUT2D eigenvalue weighted by atomic mass is 16.2. The minimum absolute atomic E-state index is 0.113. The van der Waals surface area contributed by atoms with Gasteiger partial charge >= 0.3 is 0 Å². The minimum atomic E-state index is -0.570. The zero-order valence-electron chi connectivity index (χ0n) is 23.4.